The third-order valence-electron chi connectivity index (χ3n) is 4.78. The number of hydrogen-bond donors (Lipinski definition) is 1. The van der Waals surface area contributed by atoms with Gasteiger partial charge in [0.2, 0.25) is 5.91 Å². The molecule has 1 amide bonds. The van der Waals surface area contributed by atoms with Crippen molar-refractivity contribution in [1.29, 1.82) is 0 Å². The normalized spacial score (nSPS) is 31.7. The largest absolute Gasteiger partial charge is 0.343 e. The number of carbonyl (C=O) groups is 1. The first-order chi connectivity index (χ1) is 8.00. The van der Waals surface area contributed by atoms with Gasteiger partial charge in [-0.2, -0.15) is 0 Å². The number of hydrogen-bond acceptors (Lipinski definition) is 2. The Labute approximate surface area is 105 Å². The predicted octanol–water partition coefficient (Wildman–Crippen LogP) is 2.29. The predicted molar refractivity (Wildman–Crippen MR) is 69.6 cm³/mol. The average Bonchev–Trinajstić information content (AvgIpc) is 2.27. The molecule has 98 valence electrons. The summed E-state index contributed by atoms with van der Waals surface area (Å²) in [5.74, 6) is 1.09. The van der Waals surface area contributed by atoms with Crippen LogP contribution in [-0.2, 0) is 4.79 Å². The Bertz CT molecular complexity index is 278. The van der Waals surface area contributed by atoms with E-state index in [1.807, 2.05) is 11.9 Å². The second kappa shape index (κ2) is 4.97. The van der Waals surface area contributed by atoms with Crippen molar-refractivity contribution in [3.63, 3.8) is 0 Å². The van der Waals surface area contributed by atoms with E-state index in [0.717, 1.165) is 18.8 Å². The maximum absolute atomic E-state index is 12.2. The van der Waals surface area contributed by atoms with Crippen LogP contribution >= 0.6 is 0 Å². The Morgan fingerprint density at radius 1 is 1.29 bits per heavy atom. The van der Waals surface area contributed by atoms with Gasteiger partial charge in [0, 0.05) is 25.0 Å². The molecule has 17 heavy (non-hydrogen) atoms. The number of amides is 1. The lowest BCUT2D eigenvalue weighted by molar-refractivity contribution is -0.134. The molecule has 0 aromatic heterocycles. The molecule has 2 aliphatic carbocycles. The van der Waals surface area contributed by atoms with Crippen molar-refractivity contribution < 1.29 is 4.79 Å². The molecule has 3 heteroatoms. The van der Waals surface area contributed by atoms with Crippen molar-refractivity contribution in [2.45, 2.75) is 69.9 Å². The highest BCUT2D eigenvalue weighted by Crippen LogP contribution is 2.33. The zero-order valence-electron chi connectivity index (χ0n) is 11.2. The highest BCUT2D eigenvalue weighted by molar-refractivity contribution is 5.77. The molecule has 2 aliphatic rings. The molecule has 0 saturated heterocycles. The monoisotopic (exact) mass is 238 g/mol. The van der Waals surface area contributed by atoms with Crippen LogP contribution in [0.15, 0.2) is 0 Å². The van der Waals surface area contributed by atoms with E-state index in [-0.39, 0.29) is 11.4 Å². The third-order valence-corrected chi connectivity index (χ3v) is 4.78. The number of nitrogens with zero attached hydrogens (tertiary/aromatic N) is 1. The van der Waals surface area contributed by atoms with E-state index in [1.165, 1.54) is 32.1 Å². The highest BCUT2D eigenvalue weighted by atomic mass is 16.2. The summed E-state index contributed by atoms with van der Waals surface area (Å²) in [6.45, 7) is 2.31. The Morgan fingerprint density at radius 2 is 1.88 bits per heavy atom. The van der Waals surface area contributed by atoms with Gasteiger partial charge in [-0.1, -0.05) is 6.92 Å². The van der Waals surface area contributed by atoms with E-state index in [9.17, 15) is 4.79 Å². The summed E-state index contributed by atoms with van der Waals surface area (Å²) < 4.78 is 0. The first kappa shape index (κ1) is 12.9. The highest BCUT2D eigenvalue weighted by Gasteiger charge is 2.36. The summed E-state index contributed by atoms with van der Waals surface area (Å²) >= 11 is 0. The van der Waals surface area contributed by atoms with Crippen LogP contribution in [0.3, 0.4) is 0 Å². The standard InChI is InChI=1S/C14H26N2O/c1-11-4-6-12(7-5-11)16(2)13(17)10-14(15)8-3-9-14/h11-12H,3-10,15H2,1-2H3. The van der Waals surface area contributed by atoms with Gasteiger partial charge < -0.3 is 10.6 Å². The molecule has 0 aromatic carbocycles. The minimum Gasteiger partial charge on any atom is -0.343 e. The molecular formula is C14H26N2O. The van der Waals surface area contributed by atoms with Gasteiger partial charge in [-0.05, 0) is 50.9 Å². The van der Waals surface area contributed by atoms with Crippen molar-refractivity contribution in [3.05, 3.63) is 0 Å². The fraction of sp³-hybridized carbons (Fsp3) is 0.929. The summed E-state index contributed by atoms with van der Waals surface area (Å²) in [5.41, 5.74) is 5.97. The van der Waals surface area contributed by atoms with Gasteiger partial charge in [-0.25, -0.2) is 0 Å². The molecular weight excluding hydrogens is 212 g/mol. The van der Waals surface area contributed by atoms with Crippen molar-refractivity contribution >= 4 is 5.91 Å². The van der Waals surface area contributed by atoms with Gasteiger partial charge in [0.1, 0.15) is 0 Å². The maximum Gasteiger partial charge on any atom is 0.224 e. The summed E-state index contributed by atoms with van der Waals surface area (Å²) in [6.07, 6.45) is 8.64. The van der Waals surface area contributed by atoms with E-state index in [2.05, 4.69) is 6.92 Å². The van der Waals surface area contributed by atoms with Crippen molar-refractivity contribution in [2.75, 3.05) is 7.05 Å². The molecule has 3 nitrogen and oxygen atoms in total. The number of rotatable bonds is 3. The lowest BCUT2D eigenvalue weighted by Gasteiger charge is -2.40. The minimum atomic E-state index is -0.173. The molecule has 0 spiro atoms. The lowest BCUT2D eigenvalue weighted by atomic mass is 9.75. The van der Waals surface area contributed by atoms with Gasteiger partial charge in [0.05, 0.1) is 0 Å². The molecule has 0 atom stereocenters. The lowest BCUT2D eigenvalue weighted by Crippen LogP contribution is -2.51. The molecule has 2 saturated carbocycles. The Hall–Kier alpha value is -0.570. The molecule has 0 aliphatic heterocycles. The van der Waals surface area contributed by atoms with E-state index < -0.39 is 0 Å². The first-order valence-electron chi connectivity index (χ1n) is 7.05. The molecule has 0 radical (unpaired) electrons. The van der Waals surface area contributed by atoms with Gasteiger partial charge in [-0.3, -0.25) is 4.79 Å². The quantitative estimate of drug-likeness (QED) is 0.820. The van der Waals surface area contributed by atoms with E-state index in [4.69, 9.17) is 5.73 Å². The maximum atomic E-state index is 12.2. The van der Waals surface area contributed by atoms with Crippen LogP contribution in [-0.4, -0.2) is 29.4 Å². The van der Waals surface area contributed by atoms with Gasteiger partial charge in [-0.15, -0.1) is 0 Å². The molecule has 0 aromatic rings. The van der Waals surface area contributed by atoms with Crippen molar-refractivity contribution in [2.24, 2.45) is 11.7 Å². The van der Waals surface area contributed by atoms with Gasteiger partial charge in [0.25, 0.3) is 0 Å². The Morgan fingerprint density at radius 3 is 2.35 bits per heavy atom. The molecule has 0 bridgehead atoms. The Kier molecular flexibility index (Phi) is 3.76. The van der Waals surface area contributed by atoms with Gasteiger partial charge >= 0.3 is 0 Å². The molecule has 2 fully saturated rings. The number of carbonyl (C=O) groups excluding carboxylic acids is 1. The van der Waals surface area contributed by atoms with Gasteiger partial charge in [0.15, 0.2) is 0 Å². The zero-order valence-corrected chi connectivity index (χ0v) is 11.2. The van der Waals surface area contributed by atoms with Crippen LogP contribution in [0, 0.1) is 5.92 Å². The van der Waals surface area contributed by atoms with E-state index >= 15 is 0 Å². The van der Waals surface area contributed by atoms with Crippen LogP contribution in [0.2, 0.25) is 0 Å². The molecule has 2 N–H and O–H groups in total. The average molecular weight is 238 g/mol. The third kappa shape index (κ3) is 3.01. The second-order valence-corrected chi connectivity index (χ2v) is 6.31. The first-order valence-corrected chi connectivity index (χ1v) is 7.05. The topological polar surface area (TPSA) is 46.3 Å². The van der Waals surface area contributed by atoms with Crippen LogP contribution in [0.1, 0.15) is 58.3 Å². The smallest absolute Gasteiger partial charge is 0.224 e. The van der Waals surface area contributed by atoms with E-state index in [1.54, 1.807) is 0 Å². The fourth-order valence-corrected chi connectivity index (χ4v) is 3.07. The summed E-state index contributed by atoms with van der Waals surface area (Å²) in [6, 6.07) is 0.461. The minimum absolute atomic E-state index is 0.173. The summed E-state index contributed by atoms with van der Waals surface area (Å²) in [4.78, 5) is 14.1. The second-order valence-electron chi connectivity index (χ2n) is 6.31. The summed E-state index contributed by atoms with van der Waals surface area (Å²) in [5, 5.41) is 0. The van der Waals surface area contributed by atoms with Crippen LogP contribution in [0.5, 0.6) is 0 Å². The van der Waals surface area contributed by atoms with Crippen molar-refractivity contribution in [1.82, 2.24) is 4.90 Å². The molecule has 0 unspecified atom stereocenters. The SMILES string of the molecule is CC1CCC(N(C)C(=O)CC2(N)CCC2)CC1. The van der Waals surface area contributed by atoms with Crippen molar-refractivity contribution in [3.8, 4) is 0 Å². The van der Waals surface area contributed by atoms with E-state index in [0.29, 0.717) is 12.5 Å². The fourth-order valence-electron chi connectivity index (χ4n) is 3.07. The summed E-state index contributed by atoms with van der Waals surface area (Å²) in [7, 11) is 1.96. The van der Waals surface area contributed by atoms with Crippen LogP contribution in [0.4, 0.5) is 0 Å². The Balaban J connectivity index is 1.82. The van der Waals surface area contributed by atoms with Crippen LogP contribution < -0.4 is 5.73 Å². The van der Waals surface area contributed by atoms with Crippen LogP contribution in [0.25, 0.3) is 0 Å². The molecule has 0 heterocycles. The number of nitrogens with two attached hydrogens (primary N) is 1. The molecule has 2 rings (SSSR count). The zero-order chi connectivity index (χ0) is 12.5.